The van der Waals surface area contributed by atoms with E-state index in [1.54, 1.807) is 0 Å². The highest BCUT2D eigenvalue weighted by Crippen LogP contribution is 2.42. The Morgan fingerprint density at radius 1 is 0.829 bits per heavy atom. The van der Waals surface area contributed by atoms with Gasteiger partial charge in [-0.25, -0.2) is 0 Å². The van der Waals surface area contributed by atoms with Crippen LogP contribution in [0.1, 0.15) is 108 Å². The van der Waals surface area contributed by atoms with Crippen LogP contribution in [0.15, 0.2) is 95.7 Å². The van der Waals surface area contributed by atoms with E-state index in [9.17, 15) is 5.11 Å². The Kier molecular flexibility index (Phi) is 14.1. The van der Waals surface area contributed by atoms with E-state index in [4.69, 9.17) is 0 Å². The third-order valence-corrected chi connectivity index (χ3v) is 9.12. The lowest BCUT2D eigenvalue weighted by atomic mass is 9.68. The van der Waals surface area contributed by atoms with Crippen LogP contribution in [0.5, 0.6) is 0 Å². The summed E-state index contributed by atoms with van der Waals surface area (Å²) in [6.45, 7) is 22.9. The molecule has 228 valence electrons. The second kappa shape index (κ2) is 16.5. The van der Waals surface area contributed by atoms with Crippen LogP contribution < -0.4 is 0 Å². The maximum Gasteiger partial charge on any atom is 0.0585 e. The molecule has 0 aromatic heterocycles. The smallest absolute Gasteiger partial charge is 0.0585 e. The molecule has 6 atom stereocenters. The highest BCUT2D eigenvalue weighted by atomic mass is 16.3. The van der Waals surface area contributed by atoms with Gasteiger partial charge in [0.05, 0.1) is 6.10 Å². The predicted octanol–water partition coefficient (Wildman–Crippen LogP) is 11.5. The van der Waals surface area contributed by atoms with Gasteiger partial charge in [0.25, 0.3) is 0 Å². The van der Waals surface area contributed by atoms with Crippen LogP contribution in [0.3, 0.4) is 0 Å². The summed E-state index contributed by atoms with van der Waals surface area (Å²) in [5, 5.41) is 10.1. The number of aliphatic hydroxyl groups is 1. The molecule has 0 heterocycles. The van der Waals surface area contributed by atoms with Crippen molar-refractivity contribution in [2.24, 2.45) is 40.4 Å². The van der Waals surface area contributed by atoms with Gasteiger partial charge < -0.3 is 5.11 Å². The molecule has 1 heteroatoms. The number of allylic oxidation sites excluding steroid dienone is 15. The van der Waals surface area contributed by atoms with Crippen LogP contribution in [0, 0.1) is 40.4 Å². The van der Waals surface area contributed by atoms with E-state index in [1.807, 2.05) is 0 Å². The molecule has 5 unspecified atom stereocenters. The van der Waals surface area contributed by atoms with Crippen molar-refractivity contribution in [3.63, 3.8) is 0 Å². The molecule has 1 N–H and O–H groups in total. The molecule has 2 rings (SSSR count). The van der Waals surface area contributed by atoms with E-state index >= 15 is 0 Å². The first-order valence-corrected chi connectivity index (χ1v) is 16.3. The molecule has 1 nitrogen and oxygen atoms in total. The fraction of sp³-hybridized carbons (Fsp3) is 0.600. The quantitative estimate of drug-likeness (QED) is 0.176. The highest BCUT2D eigenvalue weighted by Gasteiger charge is 2.32. The summed E-state index contributed by atoms with van der Waals surface area (Å²) in [5.74, 6) is 2.50. The normalized spacial score (nSPS) is 26.7. The monoisotopic (exact) mass is 558 g/mol. The van der Waals surface area contributed by atoms with E-state index in [1.165, 1.54) is 29.6 Å². The van der Waals surface area contributed by atoms with Crippen molar-refractivity contribution < 1.29 is 5.11 Å². The standard InChI is InChI=1S/C40H62O/c1-30(18-13-20-32(3)23-25-37-34(5)22-15-27-39(37,7)8)16-11-12-17-31(2)19-14-21-33(4)24-26-38-35(6)28-36(41)29-40(38,9)10/h11-14,16-18,21-26,30-33,36-37,41H,15,19-20,27-29H2,1-10H3/b16-11+,17-12+,18-13+,21-14+,25-23+,26-24+/t30?,31?,32?,33?,36-,37?/m1/s1. The minimum atomic E-state index is -0.203. The molecule has 2 aliphatic rings. The fourth-order valence-corrected chi connectivity index (χ4v) is 6.51. The zero-order valence-corrected chi connectivity index (χ0v) is 28.2. The van der Waals surface area contributed by atoms with E-state index < -0.39 is 0 Å². The van der Waals surface area contributed by atoms with Gasteiger partial charge >= 0.3 is 0 Å². The number of aliphatic hydroxyl groups excluding tert-OH is 1. The van der Waals surface area contributed by atoms with Gasteiger partial charge in [0.15, 0.2) is 0 Å². The summed E-state index contributed by atoms with van der Waals surface area (Å²) < 4.78 is 0. The fourth-order valence-electron chi connectivity index (χ4n) is 6.51. The Balaban J connectivity index is 1.73. The SMILES string of the molecule is CC1=CCCC(C)(C)C1/C=C/C(C)C/C=C/C(C)/C=C/C=C/C(C)C/C=C/C(C)/C=C/C1=C(C)C[C@@H](O)CC1(C)C. The lowest BCUT2D eigenvalue weighted by Gasteiger charge is -2.36. The Morgan fingerprint density at radius 3 is 2.02 bits per heavy atom. The molecule has 0 saturated heterocycles. The van der Waals surface area contributed by atoms with Crippen molar-refractivity contribution in [3.05, 3.63) is 95.7 Å². The Morgan fingerprint density at radius 2 is 1.41 bits per heavy atom. The number of rotatable bonds is 13. The van der Waals surface area contributed by atoms with Gasteiger partial charge in [-0.2, -0.15) is 0 Å². The molecule has 2 aliphatic carbocycles. The van der Waals surface area contributed by atoms with Crippen molar-refractivity contribution >= 4 is 0 Å². The molecule has 0 spiro atoms. The third kappa shape index (κ3) is 12.3. The molecule has 0 aliphatic heterocycles. The molecule has 0 fully saturated rings. The maximum absolute atomic E-state index is 10.1. The van der Waals surface area contributed by atoms with Crippen molar-refractivity contribution in [1.82, 2.24) is 0 Å². The Bertz CT molecular complexity index is 1050. The van der Waals surface area contributed by atoms with Crippen molar-refractivity contribution in [1.29, 1.82) is 0 Å². The molecule has 0 saturated carbocycles. The largest absolute Gasteiger partial charge is 0.393 e. The molecule has 41 heavy (non-hydrogen) atoms. The lowest BCUT2D eigenvalue weighted by molar-refractivity contribution is 0.116. The molecular formula is C40H62O. The molecule has 0 amide bonds. The van der Waals surface area contributed by atoms with Crippen LogP contribution in [0.4, 0.5) is 0 Å². The predicted molar refractivity (Wildman–Crippen MR) is 183 cm³/mol. The number of hydrogen-bond acceptors (Lipinski definition) is 1. The minimum absolute atomic E-state index is 0.0423. The van der Waals surface area contributed by atoms with Gasteiger partial charge in [0.1, 0.15) is 0 Å². The molecule has 0 aromatic carbocycles. The summed E-state index contributed by atoms with van der Waals surface area (Å²) in [7, 11) is 0. The molecular weight excluding hydrogens is 496 g/mol. The van der Waals surface area contributed by atoms with Crippen LogP contribution in [0.25, 0.3) is 0 Å². The Hall–Kier alpha value is -2.12. The van der Waals surface area contributed by atoms with Crippen molar-refractivity contribution in [2.75, 3.05) is 0 Å². The summed E-state index contributed by atoms with van der Waals surface area (Å²) in [6.07, 6.45) is 36.3. The first-order valence-electron chi connectivity index (χ1n) is 16.3. The van der Waals surface area contributed by atoms with Gasteiger partial charge in [-0.15, -0.1) is 0 Å². The molecule has 0 radical (unpaired) electrons. The average molecular weight is 559 g/mol. The van der Waals surface area contributed by atoms with E-state index in [2.05, 4.69) is 148 Å². The maximum atomic E-state index is 10.1. The topological polar surface area (TPSA) is 20.2 Å². The summed E-state index contributed by atoms with van der Waals surface area (Å²) >= 11 is 0. The van der Waals surface area contributed by atoms with Crippen molar-refractivity contribution in [3.8, 4) is 0 Å². The summed E-state index contributed by atoms with van der Waals surface area (Å²) in [5.41, 5.74) is 4.67. The van der Waals surface area contributed by atoms with Gasteiger partial charge in [-0.05, 0) is 92.4 Å². The van der Waals surface area contributed by atoms with Crippen LogP contribution >= 0.6 is 0 Å². The van der Waals surface area contributed by atoms with E-state index in [0.717, 1.165) is 25.7 Å². The second-order valence-electron chi connectivity index (χ2n) is 14.6. The zero-order chi connectivity index (χ0) is 30.6. The van der Waals surface area contributed by atoms with Gasteiger partial charge in [-0.3, -0.25) is 0 Å². The minimum Gasteiger partial charge on any atom is -0.393 e. The van der Waals surface area contributed by atoms with Crippen LogP contribution in [0.2, 0.25) is 0 Å². The lowest BCUT2D eigenvalue weighted by Crippen LogP contribution is -2.28. The van der Waals surface area contributed by atoms with Gasteiger partial charge in [0, 0.05) is 5.92 Å². The Labute approximate surface area is 254 Å². The second-order valence-corrected chi connectivity index (χ2v) is 14.6. The summed E-state index contributed by atoms with van der Waals surface area (Å²) in [6, 6.07) is 0. The first-order chi connectivity index (χ1) is 19.2. The van der Waals surface area contributed by atoms with Crippen LogP contribution in [-0.2, 0) is 0 Å². The highest BCUT2D eigenvalue weighted by molar-refractivity contribution is 5.34. The van der Waals surface area contributed by atoms with E-state index in [-0.39, 0.29) is 11.5 Å². The van der Waals surface area contributed by atoms with E-state index in [0.29, 0.717) is 35.0 Å². The van der Waals surface area contributed by atoms with Crippen molar-refractivity contribution in [2.45, 2.75) is 114 Å². The first kappa shape index (κ1) is 35.1. The average Bonchev–Trinajstić information content (AvgIpc) is 2.84. The van der Waals surface area contributed by atoms with Gasteiger partial charge in [-0.1, -0.05) is 146 Å². The number of hydrogen-bond donors (Lipinski definition) is 1. The third-order valence-electron chi connectivity index (χ3n) is 9.12. The van der Waals surface area contributed by atoms with Crippen LogP contribution in [-0.4, -0.2) is 11.2 Å². The zero-order valence-electron chi connectivity index (χ0n) is 28.2. The van der Waals surface area contributed by atoms with Gasteiger partial charge in [0.2, 0.25) is 0 Å². The molecule has 0 aromatic rings. The molecule has 0 bridgehead atoms. The summed E-state index contributed by atoms with van der Waals surface area (Å²) in [4.78, 5) is 0.